The number of aliphatic hydroxyl groups excluding tert-OH is 1. The van der Waals surface area contributed by atoms with E-state index in [0.29, 0.717) is 5.56 Å². The summed E-state index contributed by atoms with van der Waals surface area (Å²) in [7, 11) is 1.35. The molecule has 120 valence electrons. The zero-order valence-corrected chi connectivity index (χ0v) is 13.5. The molecule has 0 fully saturated rings. The summed E-state index contributed by atoms with van der Waals surface area (Å²) in [5, 5.41) is 10.8. The van der Waals surface area contributed by atoms with Crippen molar-refractivity contribution in [2.24, 2.45) is 0 Å². The van der Waals surface area contributed by atoms with E-state index in [0.717, 1.165) is 17.5 Å². The fraction of sp³-hybridized carbons (Fsp3) is 0.250. The van der Waals surface area contributed by atoms with Gasteiger partial charge in [0.2, 0.25) is 0 Å². The van der Waals surface area contributed by atoms with Crippen molar-refractivity contribution in [2.45, 2.75) is 25.4 Å². The van der Waals surface area contributed by atoms with Crippen LogP contribution < -0.4 is 0 Å². The molecule has 0 aliphatic carbocycles. The number of esters is 1. The number of hydrogen-bond acceptors (Lipinski definition) is 3. The molecule has 0 aliphatic rings. The number of rotatable bonds is 6. The van der Waals surface area contributed by atoms with E-state index in [-0.39, 0.29) is 11.9 Å². The van der Waals surface area contributed by atoms with Crippen molar-refractivity contribution in [3.63, 3.8) is 0 Å². The molecule has 0 saturated carbocycles. The lowest BCUT2D eigenvalue weighted by Crippen LogP contribution is -2.09. The van der Waals surface area contributed by atoms with E-state index in [1.807, 2.05) is 36.4 Å². The highest BCUT2D eigenvalue weighted by Gasteiger charge is 2.20. The highest BCUT2D eigenvalue weighted by atomic mass is 16.5. The monoisotopic (exact) mass is 310 g/mol. The third-order valence-corrected chi connectivity index (χ3v) is 3.78. The summed E-state index contributed by atoms with van der Waals surface area (Å²) in [6, 6.07) is 16.8. The Morgan fingerprint density at radius 1 is 1.09 bits per heavy atom. The van der Waals surface area contributed by atoms with E-state index in [1.165, 1.54) is 7.11 Å². The molecule has 0 unspecified atom stereocenters. The SMILES string of the molecule is CC/C=C/[C@@H](c1ccccc1)[C@@H](O)c1ccc(C(=O)OC)cc1. The maximum Gasteiger partial charge on any atom is 0.337 e. The van der Waals surface area contributed by atoms with E-state index < -0.39 is 6.10 Å². The Bertz CT molecular complexity index is 644. The number of carbonyl (C=O) groups is 1. The van der Waals surface area contributed by atoms with Gasteiger partial charge in [0.05, 0.1) is 18.8 Å². The molecule has 0 aromatic heterocycles. The van der Waals surface area contributed by atoms with Crippen molar-refractivity contribution in [1.82, 2.24) is 0 Å². The number of methoxy groups -OCH3 is 1. The standard InChI is InChI=1S/C20H22O3/c1-3-4-10-18(15-8-6-5-7-9-15)19(21)16-11-13-17(14-12-16)20(22)23-2/h4-14,18-19,21H,3H2,1-2H3/b10-4+/t18-,19-/m0/s1. The van der Waals surface area contributed by atoms with E-state index in [1.54, 1.807) is 24.3 Å². The second-order valence-corrected chi connectivity index (χ2v) is 5.33. The third-order valence-electron chi connectivity index (χ3n) is 3.78. The van der Waals surface area contributed by atoms with Crippen LogP contribution in [-0.2, 0) is 4.74 Å². The summed E-state index contributed by atoms with van der Waals surface area (Å²) in [5.74, 6) is -0.503. The highest BCUT2D eigenvalue weighted by molar-refractivity contribution is 5.89. The van der Waals surface area contributed by atoms with Gasteiger partial charge in [0.15, 0.2) is 0 Å². The normalized spacial score (nSPS) is 13.7. The quantitative estimate of drug-likeness (QED) is 0.640. The molecule has 0 amide bonds. The molecule has 0 saturated heterocycles. The maximum absolute atomic E-state index is 11.5. The van der Waals surface area contributed by atoms with Crippen molar-refractivity contribution in [2.75, 3.05) is 7.11 Å². The molecule has 0 heterocycles. The Morgan fingerprint density at radius 3 is 2.30 bits per heavy atom. The molecule has 1 N–H and O–H groups in total. The molecular weight excluding hydrogens is 288 g/mol. The molecule has 2 aromatic carbocycles. The summed E-state index contributed by atoms with van der Waals surface area (Å²) in [4.78, 5) is 11.5. The first kappa shape index (κ1) is 17.0. The van der Waals surface area contributed by atoms with Crippen LogP contribution in [0.3, 0.4) is 0 Å². The Kier molecular flexibility index (Phi) is 6.12. The minimum Gasteiger partial charge on any atom is -0.465 e. The minimum atomic E-state index is -0.674. The van der Waals surface area contributed by atoms with Crippen LogP contribution in [0, 0.1) is 0 Å². The summed E-state index contributed by atoms with van der Waals surface area (Å²) < 4.78 is 4.69. The average molecular weight is 310 g/mol. The van der Waals surface area contributed by atoms with E-state index in [4.69, 9.17) is 4.74 Å². The number of benzene rings is 2. The fourth-order valence-corrected chi connectivity index (χ4v) is 2.50. The topological polar surface area (TPSA) is 46.5 Å². The van der Waals surface area contributed by atoms with Crippen LogP contribution in [0.4, 0.5) is 0 Å². The van der Waals surface area contributed by atoms with Crippen LogP contribution in [-0.4, -0.2) is 18.2 Å². The summed E-state index contributed by atoms with van der Waals surface area (Å²) >= 11 is 0. The van der Waals surface area contributed by atoms with Crippen LogP contribution in [0.5, 0.6) is 0 Å². The summed E-state index contributed by atoms with van der Waals surface area (Å²) in [5.41, 5.74) is 2.30. The van der Waals surface area contributed by atoms with Crippen molar-refractivity contribution >= 4 is 5.97 Å². The molecule has 3 heteroatoms. The largest absolute Gasteiger partial charge is 0.465 e. The van der Waals surface area contributed by atoms with Crippen molar-refractivity contribution < 1.29 is 14.6 Å². The van der Waals surface area contributed by atoms with E-state index in [2.05, 4.69) is 13.0 Å². The van der Waals surface area contributed by atoms with Gasteiger partial charge in [-0.2, -0.15) is 0 Å². The van der Waals surface area contributed by atoms with Crippen LogP contribution >= 0.6 is 0 Å². The molecule has 0 aliphatic heterocycles. The lowest BCUT2D eigenvalue weighted by atomic mass is 9.88. The smallest absolute Gasteiger partial charge is 0.337 e. The summed E-state index contributed by atoms with van der Waals surface area (Å²) in [6.07, 6.45) is 4.34. The zero-order chi connectivity index (χ0) is 16.7. The number of carbonyl (C=O) groups excluding carboxylic acids is 1. The Morgan fingerprint density at radius 2 is 1.74 bits per heavy atom. The minimum absolute atomic E-state index is 0.125. The van der Waals surface area contributed by atoms with Gasteiger partial charge in [-0.1, -0.05) is 61.5 Å². The van der Waals surface area contributed by atoms with Gasteiger partial charge in [-0.25, -0.2) is 4.79 Å². The van der Waals surface area contributed by atoms with E-state index >= 15 is 0 Å². The number of hydrogen-bond donors (Lipinski definition) is 1. The van der Waals surface area contributed by atoms with Crippen LogP contribution in [0.2, 0.25) is 0 Å². The third kappa shape index (κ3) is 4.30. The predicted molar refractivity (Wildman–Crippen MR) is 91.4 cm³/mol. The molecule has 2 rings (SSSR count). The number of allylic oxidation sites excluding steroid dienone is 1. The molecule has 2 aromatic rings. The Balaban J connectivity index is 2.28. The first-order chi connectivity index (χ1) is 11.2. The van der Waals surface area contributed by atoms with Gasteiger partial charge in [-0.15, -0.1) is 0 Å². The molecule has 0 radical (unpaired) electrons. The molecule has 2 atom stereocenters. The Labute approximate surface area is 137 Å². The second-order valence-electron chi connectivity index (χ2n) is 5.33. The second kappa shape index (κ2) is 8.30. The molecule has 0 bridgehead atoms. The molecule has 0 spiro atoms. The lowest BCUT2D eigenvalue weighted by molar-refractivity contribution is 0.0600. The number of ether oxygens (including phenoxy) is 1. The zero-order valence-electron chi connectivity index (χ0n) is 13.5. The van der Waals surface area contributed by atoms with Crippen LogP contribution in [0.1, 0.15) is 46.9 Å². The van der Waals surface area contributed by atoms with Gasteiger partial charge in [-0.3, -0.25) is 0 Å². The van der Waals surface area contributed by atoms with Gasteiger partial charge in [0.25, 0.3) is 0 Å². The lowest BCUT2D eigenvalue weighted by Gasteiger charge is -2.21. The number of aliphatic hydroxyl groups is 1. The Hall–Kier alpha value is -2.39. The van der Waals surface area contributed by atoms with Crippen molar-refractivity contribution in [3.8, 4) is 0 Å². The van der Waals surface area contributed by atoms with Gasteiger partial charge < -0.3 is 9.84 Å². The van der Waals surface area contributed by atoms with Gasteiger partial charge in [-0.05, 0) is 29.7 Å². The van der Waals surface area contributed by atoms with Crippen LogP contribution in [0.25, 0.3) is 0 Å². The predicted octanol–water partition coefficient (Wildman–Crippen LogP) is 4.26. The first-order valence-electron chi connectivity index (χ1n) is 7.75. The molecule has 23 heavy (non-hydrogen) atoms. The van der Waals surface area contributed by atoms with E-state index in [9.17, 15) is 9.90 Å². The molecular formula is C20H22O3. The van der Waals surface area contributed by atoms with Crippen molar-refractivity contribution in [3.05, 3.63) is 83.4 Å². The maximum atomic E-state index is 11.5. The highest BCUT2D eigenvalue weighted by Crippen LogP contribution is 2.32. The van der Waals surface area contributed by atoms with Gasteiger partial charge in [0, 0.05) is 5.92 Å². The van der Waals surface area contributed by atoms with Gasteiger partial charge in [0.1, 0.15) is 0 Å². The summed E-state index contributed by atoms with van der Waals surface area (Å²) in [6.45, 7) is 2.07. The average Bonchev–Trinajstić information content (AvgIpc) is 2.62. The van der Waals surface area contributed by atoms with Crippen LogP contribution in [0.15, 0.2) is 66.7 Å². The van der Waals surface area contributed by atoms with Gasteiger partial charge >= 0.3 is 5.97 Å². The molecule has 3 nitrogen and oxygen atoms in total. The first-order valence-corrected chi connectivity index (χ1v) is 7.75. The fourth-order valence-electron chi connectivity index (χ4n) is 2.50. The van der Waals surface area contributed by atoms with Crippen molar-refractivity contribution in [1.29, 1.82) is 0 Å².